The smallest absolute Gasteiger partial charge is 0.313 e. The maximum absolute atomic E-state index is 12.6. The molecule has 0 saturated carbocycles. The van der Waals surface area contributed by atoms with Crippen LogP contribution >= 0.6 is 0 Å². The minimum absolute atomic E-state index is 0.417. The van der Waals surface area contributed by atoms with Crippen molar-refractivity contribution in [2.24, 2.45) is 0 Å². The van der Waals surface area contributed by atoms with Gasteiger partial charge in [-0.05, 0) is 26.4 Å². The minimum Gasteiger partial charge on any atom is -0.313 e. The van der Waals surface area contributed by atoms with E-state index in [2.05, 4.69) is 10.3 Å². The summed E-state index contributed by atoms with van der Waals surface area (Å²) in [7, 11) is 1.94. The van der Waals surface area contributed by atoms with Gasteiger partial charge in [-0.25, -0.2) is 4.98 Å². The molecule has 6 heteroatoms. The van der Waals surface area contributed by atoms with Crippen molar-refractivity contribution in [3.63, 3.8) is 0 Å². The van der Waals surface area contributed by atoms with Gasteiger partial charge in [-0.2, -0.15) is 8.78 Å². The van der Waals surface area contributed by atoms with Gasteiger partial charge in [0.05, 0.1) is 6.54 Å². The van der Waals surface area contributed by atoms with Crippen molar-refractivity contribution in [2.45, 2.75) is 32.0 Å². The third-order valence-corrected chi connectivity index (χ3v) is 3.06. The van der Waals surface area contributed by atoms with Crippen molar-refractivity contribution in [2.75, 3.05) is 20.1 Å². The van der Waals surface area contributed by atoms with Crippen LogP contribution in [-0.2, 0) is 6.54 Å². The zero-order valence-corrected chi connectivity index (χ0v) is 9.94. The molecule has 1 fully saturated rings. The molecule has 1 aliphatic rings. The number of likely N-dealkylation sites (N-methyl/N-ethyl adjacent to an activating group) is 1. The molecule has 1 saturated heterocycles. The molecule has 17 heavy (non-hydrogen) atoms. The Morgan fingerprint density at radius 3 is 3.12 bits per heavy atom. The molecule has 1 unspecified atom stereocenters. The van der Waals surface area contributed by atoms with Gasteiger partial charge in [0.25, 0.3) is 0 Å². The van der Waals surface area contributed by atoms with Crippen molar-refractivity contribution in [3.8, 4) is 0 Å². The van der Waals surface area contributed by atoms with E-state index in [0.29, 0.717) is 18.4 Å². The summed E-state index contributed by atoms with van der Waals surface area (Å²) < 4.78 is 26.1. The van der Waals surface area contributed by atoms with Crippen molar-refractivity contribution in [1.29, 1.82) is 0 Å². The highest BCUT2D eigenvalue weighted by Crippen LogP contribution is 2.14. The van der Waals surface area contributed by atoms with Gasteiger partial charge in [0.15, 0.2) is 0 Å². The summed E-state index contributed by atoms with van der Waals surface area (Å²) in [5.41, 5.74) is 0. The van der Waals surface area contributed by atoms with E-state index < -0.39 is 6.55 Å². The van der Waals surface area contributed by atoms with E-state index in [-0.39, 0.29) is 0 Å². The molecule has 4 nitrogen and oxygen atoms in total. The Kier molecular flexibility index (Phi) is 4.06. The SMILES string of the molecule is CN(Cc1nccn1C(F)F)CC1CCCN1. The monoisotopic (exact) mass is 244 g/mol. The first-order valence-corrected chi connectivity index (χ1v) is 5.88. The lowest BCUT2D eigenvalue weighted by atomic mass is 10.2. The van der Waals surface area contributed by atoms with Gasteiger partial charge in [0.1, 0.15) is 5.82 Å². The highest BCUT2D eigenvalue weighted by atomic mass is 19.3. The molecule has 0 spiro atoms. The predicted molar refractivity (Wildman–Crippen MR) is 60.8 cm³/mol. The molecule has 2 heterocycles. The Balaban J connectivity index is 1.88. The molecule has 0 amide bonds. The summed E-state index contributed by atoms with van der Waals surface area (Å²) in [6.45, 7) is -0.124. The number of rotatable bonds is 5. The van der Waals surface area contributed by atoms with Gasteiger partial charge in [-0.3, -0.25) is 9.47 Å². The molecule has 0 aliphatic carbocycles. The first-order valence-electron chi connectivity index (χ1n) is 5.88. The molecule has 96 valence electrons. The summed E-state index contributed by atoms with van der Waals surface area (Å²) in [4.78, 5) is 6.00. The van der Waals surface area contributed by atoms with Crippen LogP contribution < -0.4 is 5.32 Å². The number of alkyl halides is 2. The minimum atomic E-state index is -2.51. The van der Waals surface area contributed by atoms with Crippen LogP contribution in [0.3, 0.4) is 0 Å². The molecular weight excluding hydrogens is 226 g/mol. The van der Waals surface area contributed by atoms with Crippen LogP contribution in [0.1, 0.15) is 25.2 Å². The second kappa shape index (κ2) is 5.55. The quantitative estimate of drug-likeness (QED) is 0.851. The first kappa shape index (κ1) is 12.4. The average molecular weight is 244 g/mol. The van der Waals surface area contributed by atoms with Crippen molar-refractivity contribution < 1.29 is 8.78 Å². The number of hydrogen-bond acceptors (Lipinski definition) is 3. The predicted octanol–water partition coefficient (Wildman–Crippen LogP) is 1.46. The highest BCUT2D eigenvalue weighted by molar-refractivity contribution is 4.93. The molecule has 1 aromatic heterocycles. The van der Waals surface area contributed by atoms with E-state index in [9.17, 15) is 8.78 Å². The summed E-state index contributed by atoms with van der Waals surface area (Å²) in [6.07, 6.45) is 5.10. The number of halogens is 2. The van der Waals surface area contributed by atoms with Gasteiger partial charge in [-0.1, -0.05) is 0 Å². The summed E-state index contributed by atoms with van der Waals surface area (Å²) >= 11 is 0. The van der Waals surface area contributed by atoms with Gasteiger partial charge < -0.3 is 5.32 Å². The Hall–Kier alpha value is -1.01. The summed E-state index contributed by atoms with van der Waals surface area (Å²) in [6, 6.07) is 0.481. The average Bonchev–Trinajstić information content (AvgIpc) is 2.88. The van der Waals surface area contributed by atoms with Gasteiger partial charge in [0, 0.05) is 25.0 Å². The standard InChI is InChI=1S/C11H18F2N4/c1-16(7-9-3-2-4-14-9)8-10-15-5-6-17(10)11(12)13/h5-6,9,11,14H,2-4,7-8H2,1H3. The van der Waals surface area contributed by atoms with Crippen LogP contribution in [-0.4, -0.2) is 40.6 Å². The molecule has 1 aliphatic heterocycles. The van der Waals surface area contributed by atoms with E-state index in [1.54, 1.807) is 0 Å². The maximum Gasteiger partial charge on any atom is 0.319 e. The lowest BCUT2D eigenvalue weighted by Crippen LogP contribution is -2.35. The molecule has 0 radical (unpaired) electrons. The molecular formula is C11H18F2N4. The third-order valence-electron chi connectivity index (χ3n) is 3.06. The Morgan fingerprint density at radius 2 is 2.47 bits per heavy atom. The van der Waals surface area contributed by atoms with Gasteiger partial charge in [0.2, 0.25) is 0 Å². The fourth-order valence-electron chi connectivity index (χ4n) is 2.24. The van der Waals surface area contributed by atoms with Crippen LogP contribution in [0.25, 0.3) is 0 Å². The number of nitrogens with zero attached hydrogens (tertiary/aromatic N) is 3. The number of hydrogen-bond donors (Lipinski definition) is 1. The normalized spacial score (nSPS) is 20.6. The molecule has 0 bridgehead atoms. The third kappa shape index (κ3) is 3.23. The topological polar surface area (TPSA) is 33.1 Å². The second-order valence-electron chi connectivity index (χ2n) is 4.52. The molecule has 2 rings (SSSR count). The number of nitrogens with one attached hydrogen (secondary N) is 1. The van der Waals surface area contributed by atoms with Crippen LogP contribution in [0.4, 0.5) is 8.78 Å². The second-order valence-corrected chi connectivity index (χ2v) is 4.52. The van der Waals surface area contributed by atoms with Crippen LogP contribution in [0.5, 0.6) is 0 Å². The Labute approximate surface area is 99.6 Å². The lowest BCUT2D eigenvalue weighted by Gasteiger charge is -2.21. The molecule has 1 aromatic rings. The van der Waals surface area contributed by atoms with Crippen LogP contribution in [0.15, 0.2) is 12.4 Å². The zero-order valence-electron chi connectivity index (χ0n) is 9.94. The molecule has 1 atom stereocenters. The summed E-state index contributed by atoms with van der Waals surface area (Å²) in [5.74, 6) is 0.417. The zero-order chi connectivity index (χ0) is 12.3. The Bertz CT molecular complexity index is 347. The first-order chi connectivity index (χ1) is 8.16. The lowest BCUT2D eigenvalue weighted by molar-refractivity contribution is 0.0644. The number of imidazole rings is 1. The van der Waals surface area contributed by atoms with Crippen molar-refractivity contribution in [3.05, 3.63) is 18.2 Å². The van der Waals surface area contributed by atoms with E-state index in [1.165, 1.54) is 18.8 Å². The van der Waals surface area contributed by atoms with E-state index in [0.717, 1.165) is 24.1 Å². The van der Waals surface area contributed by atoms with E-state index >= 15 is 0 Å². The largest absolute Gasteiger partial charge is 0.319 e. The van der Waals surface area contributed by atoms with Gasteiger partial charge >= 0.3 is 6.55 Å². The van der Waals surface area contributed by atoms with Gasteiger partial charge in [-0.15, -0.1) is 0 Å². The van der Waals surface area contributed by atoms with E-state index in [4.69, 9.17) is 0 Å². The fraction of sp³-hybridized carbons (Fsp3) is 0.727. The highest BCUT2D eigenvalue weighted by Gasteiger charge is 2.18. The van der Waals surface area contributed by atoms with E-state index in [1.807, 2.05) is 11.9 Å². The number of aromatic nitrogens is 2. The molecule has 0 aromatic carbocycles. The Morgan fingerprint density at radius 1 is 1.65 bits per heavy atom. The molecule has 1 N–H and O–H groups in total. The summed E-state index contributed by atoms with van der Waals surface area (Å²) in [5, 5.41) is 3.39. The maximum atomic E-state index is 12.6. The van der Waals surface area contributed by atoms with Crippen molar-refractivity contribution >= 4 is 0 Å². The van der Waals surface area contributed by atoms with Crippen molar-refractivity contribution in [1.82, 2.24) is 19.8 Å². The fourth-order valence-corrected chi connectivity index (χ4v) is 2.24. The van der Waals surface area contributed by atoms with Crippen LogP contribution in [0, 0.1) is 0 Å². The van der Waals surface area contributed by atoms with Crippen LogP contribution in [0.2, 0.25) is 0 Å².